The van der Waals surface area contributed by atoms with Crippen molar-refractivity contribution in [3.05, 3.63) is 52.0 Å². The van der Waals surface area contributed by atoms with Crippen LogP contribution in [0, 0.1) is 0 Å². The first-order chi connectivity index (χ1) is 11.9. The van der Waals surface area contributed by atoms with Crippen LogP contribution in [0.1, 0.15) is 11.3 Å². The molecule has 3 rings (SSSR count). The highest BCUT2D eigenvalue weighted by molar-refractivity contribution is 7.89. The van der Waals surface area contributed by atoms with E-state index in [-0.39, 0.29) is 27.4 Å². The van der Waals surface area contributed by atoms with Crippen molar-refractivity contribution in [2.75, 3.05) is 13.1 Å². The Morgan fingerprint density at radius 1 is 1.28 bits per heavy atom. The zero-order valence-electron chi connectivity index (χ0n) is 12.9. The number of rotatable bonds is 4. The predicted octanol–water partition coefficient (Wildman–Crippen LogP) is 1.65. The molecule has 0 aliphatic carbocycles. The number of hydrogen-bond donors (Lipinski definition) is 1. The quantitative estimate of drug-likeness (QED) is 0.841. The summed E-state index contributed by atoms with van der Waals surface area (Å²) in [7, 11) is -4.00. The predicted molar refractivity (Wildman–Crippen MR) is 92.8 cm³/mol. The molecule has 1 amide bonds. The van der Waals surface area contributed by atoms with Crippen molar-refractivity contribution in [2.45, 2.75) is 17.9 Å². The molecule has 2 heterocycles. The van der Waals surface area contributed by atoms with Crippen molar-refractivity contribution < 1.29 is 13.2 Å². The number of fused-ring (bicyclic) bond motifs is 1. The summed E-state index contributed by atoms with van der Waals surface area (Å²) in [6, 6.07) is 4.39. The minimum atomic E-state index is -4.00. The number of nitrogens with zero attached hydrogens (tertiary/aromatic N) is 3. The van der Waals surface area contributed by atoms with E-state index in [0.717, 1.165) is 11.3 Å². The van der Waals surface area contributed by atoms with E-state index in [4.69, 9.17) is 23.2 Å². The summed E-state index contributed by atoms with van der Waals surface area (Å²) >= 11 is 11.8. The molecule has 0 spiro atoms. The fourth-order valence-electron chi connectivity index (χ4n) is 2.56. The van der Waals surface area contributed by atoms with Crippen LogP contribution in [-0.4, -0.2) is 42.3 Å². The minimum Gasteiger partial charge on any atom is -0.337 e. The summed E-state index contributed by atoms with van der Waals surface area (Å²) in [5.74, 6) is -0.346. The molecular weight excluding hydrogens is 387 g/mol. The molecule has 0 unspecified atom stereocenters. The Hall–Kier alpha value is -1.74. The van der Waals surface area contributed by atoms with E-state index in [0.29, 0.717) is 19.5 Å². The molecule has 25 heavy (non-hydrogen) atoms. The Balaban J connectivity index is 1.69. The van der Waals surface area contributed by atoms with Crippen molar-refractivity contribution in [3.63, 3.8) is 0 Å². The summed E-state index contributed by atoms with van der Waals surface area (Å²) < 4.78 is 27.0. The fraction of sp³-hybridized carbons (Fsp3) is 0.267. The molecule has 0 bridgehead atoms. The number of aromatic nitrogens is 2. The lowest BCUT2D eigenvalue weighted by molar-refractivity contribution is -0.130. The Morgan fingerprint density at radius 2 is 2.00 bits per heavy atom. The van der Waals surface area contributed by atoms with Crippen LogP contribution in [0.4, 0.5) is 0 Å². The molecule has 132 valence electrons. The second-order valence-electron chi connectivity index (χ2n) is 5.44. The van der Waals surface area contributed by atoms with Crippen molar-refractivity contribution in [2.24, 2.45) is 0 Å². The number of nitrogens with one attached hydrogen (secondary N) is 1. The highest BCUT2D eigenvalue weighted by Gasteiger charge is 2.25. The van der Waals surface area contributed by atoms with Gasteiger partial charge in [0.1, 0.15) is 11.2 Å². The van der Waals surface area contributed by atoms with Gasteiger partial charge in [-0.05, 0) is 12.1 Å². The maximum atomic E-state index is 12.4. The van der Waals surface area contributed by atoms with E-state index in [9.17, 15) is 13.2 Å². The van der Waals surface area contributed by atoms with Crippen LogP contribution in [0.25, 0.3) is 0 Å². The van der Waals surface area contributed by atoms with Crippen LogP contribution in [-0.2, 0) is 27.8 Å². The maximum absolute atomic E-state index is 12.4. The second kappa shape index (κ2) is 7.25. The number of sulfonamides is 1. The molecule has 0 radical (unpaired) electrons. The van der Waals surface area contributed by atoms with Gasteiger partial charge in [-0.1, -0.05) is 29.3 Å². The number of amides is 1. The zero-order chi connectivity index (χ0) is 18.0. The van der Waals surface area contributed by atoms with Crippen LogP contribution < -0.4 is 4.72 Å². The minimum absolute atomic E-state index is 0.00324. The van der Waals surface area contributed by atoms with Crippen LogP contribution in [0.15, 0.2) is 35.6 Å². The van der Waals surface area contributed by atoms with Crippen LogP contribution in [0.2, 0.25) is 10.0 Å². The number of carbonyl (C=O) groups is 1. The molecular formula is C15H14Cl2N4O3S. The molecule has 1 aliphatic heterocycles. The van der Waals surface area contributed by atoms with Gasteiger partial charge in [0.2, 0.25) is 15.9 Å². The van der Waals surface area contributed by atoms with Crippen LogP contribution in [0.5, 0.6) is 0 Å². The van der Waals surface area contributed by atoms with Crippen molar-refractivity contribution >= 4 is 39.1 Å². The molecule has 1 aromatic heterocycles. The molecule has 0 atom stereocenters. The van der Waals surface area contributed by atoms with E-state index < -0.39 is 10.0 Å². The average Bonchev–Trinajstić information content (AvgIpc) is 2.59. The number of benzene rings is 1. The van der Waals surface area contributed by atoms with Gasteiger partial charge in [0, 0.05) is 31.3 Å². The first-order valence-electron chi connectivity index (χ1n) is 7.37. The van der Waals surface area contributed by atoms with Gasteiger partial charge in [-0.25, -0.2) is 23.1 Å². The van der Waals surface area contributed by atoms with Gasteiger partial charge in [0.25, 0.3) is 0 Å². The van der Waals surface area contributed by atoms with E-state index in [1.54, 1.807) is 17.2 Å². The zero-order valence-corrected chi connectivity index (χ0v) is 15.3. The Labute approximate surface area is 155 Å². The van der Waals surface area contributed by atoms with Crippen molar-refractivity contribution in [1.82, 2.24) is 19.6 Å². The van der Waals surface area contributed by atoms with Gasteiger partial charge < -0.3 is 4.90 Å². The normalized spacial score (nSPS) is 14.2. The lowest BCUT2D eigenvalue weighted by Gasteiger charge is -2.27. The van der Waals surface area contributed by atoms with E-state index in [2.05, 4.69) is 14.7 Å². The SMILES string of the molecule is O=C(CNS(=O)(=O)c1c(Cl)cccc1Cl)N1CCc2ncncc2C1. The van der Waals surface area contributed by atoms with Crippen LogP contribution in [0.3, 0.4) is 0 Å². The van der Waals surface area contributed by atoms with Gasteiger partial charge in [-0.15, -0.1) is 0 Å². The largest absolute Gasteiger partial charge is 0.337 e. The summed E-state index contributed by atoms with van der Waals surface area (Å²) in [5, 5.41) is -0.00649. The first kappa shape index (κ1) is 18.1. The second-order valence-corrected chi connectivity index (χ2v) is 7.95. The fourth-order valence-corrected chi connectivity index (χ4v) is 4.67. The average molecular weight is 401 g/mol. The van der Waals surface area contributed by atoms with Crippen LogP contribution >= 0.6 is 23.2 Å². The van der Waals surface area contributed by atoms with Gasteiger partial charge in [0.15, 0.2) is 0 Å². The highest BCUT2D eigenvalue weighted by atomic mass is 35.5. The number of hydrogen-bond acceptors (Lipinski definition) is 5. The molecule has 10 heteroatoms. The third-order valence-electron chi connectivity index (χ3n) is 3.81. The van der Waals surface area contributed by atoms with Gasteiger partial charge in [0.05, 0.1) is 22.3 Å². The molecule has 0 saturated carbocycles. The Morgan fingerprint density at radius 3 is 2.72 bits per heavy atom. The summed E-state index contributed by atoms with van der Waals surface area (Å²) in [6.45, 7) is 0.438. The monoisotopic (exact) mass is 400 g/mol. The lowest BCUT2D eigenvalue weighted by Crippen LogP contribution is -2.42. The van der Waals surface area contributed by atoms with Gasteiger partial charge >= 0.3 is 0 Å². The molecule has 0 saturated heterocycles. The Bertz CT molecular complexity index is 900. The molecule has 1 aromatic carbocycles. The standard InChI is InChI=1S/C15H14Cl2N4O3S/c16-11-2-1-3-12(17)15(11)25(23,24)20-7-14(22)21-5-4-13-10(8-21)6-18-9-19-13/h1-3,6,9,20H,4-5,7-8H2. The molecule has 7 nitrogen and oxygen atoms in total. The van der Waals surface area contributed by atoms with Crippen molar-refractivity contribution in [3.8, 4) is 0 Å². The lowest BCUT2D eigenvalue weighted by atomic mass is 10.1. The van der Waals surface area contributed by atoms with Gasteiger partial charge in [-0.2, -0.15) is 0 Å². The number of carbonyl (C=O) groups excluding carboxylic acids is 1. The smallest absolute Gasteiger partial charge is 0.244 e. The topological polar surface area (TPSA) is 92.3 Å². The summed E-state index contributed by atoms with van der Waals surface area (Å²) in [4.78, 5) is 21.8. The van der Waals surface area contributed by atoms with E-state index in [1.165, 1.54) is 18.5 Å². The highest BCUT2D eigenvalue weighted by Crippen LogP contribution is 2.28. The third-order valence-corrected chi connectivity index (χ3v) is 6.17. The maximum Gasteiger partial charge on any atom is 0.244 e. The molecule has 1 aliphatic rings. The first-order valence-corrected chi connectivity index (χ1v) is 9.61. The number of halogens is 2. The Kier molecular flexibility index (Phi) is 5.24. The summed E-state index contributed by atoms with van der Waals surface area (Å²) in [5.41, 5.74) is 1.77. The van der Waals surface area contributed by atoms with Crippen molar-refractivity contribution in [1.29, 1.82) is 0 Å². The molecule has 2 aromatic rings. The third kappa shape index (κ3) is 3.92. The van der Waals surface area contributed by atoms with E-state index in [1.807, 2.05) is 0 Å². The van der Waals surface area contributed by atoms with E-state index >= 15 is 0 Å². The molecule has 0 fully saturated rings. The molecule has 1 N–H and O–H groups in total. The summed E-state index contributed by atoms with van der Waals surface area (Å²) in [6.07, 6.45) is 3.74. The van der Waals surface area contributed by atoms with Gasteiger partial charge in [-0.3, -0.25) is 4.79 Å².